The SMILES string of the molecule is CC(CCCO)NC(=O)NCCN(C)c1ccccc1. The minimum Gasteiger partial charge on any atom is -0.396 e. The Bertz CT molecular complexity index is 384. The maximum absolute atomic E-state index is 11.6. The topological polar surface area (TPSA) is 64.6 Å². The van der Waals surface area contributed by atoms with Crippen molar-refractivity contribution in [1.29, 1.82) is 0 Å². The molecule has 0 spiro atoms. The van der Waals surface area contributed by atoms with Gasteiger partial charge in [-0.15, -0.1) is 0 Å². The molecule has 0 bridgehead atoms. The van der Waals surface area contributed by atoms with E-state index >= 15 is 0 Å². The van der Waals surface area contributed by atoms with E-state index in [9.17, 15) is 4.79 Å². The lowest BCUT2D eigenvalue weighted by molar-refractivity contribution is 0.234. The number of anilines is 1. The van der Waals surface area contributed by atoms with E-state index in [1.807, 2.05) is 44.3 Å². The number of amides is 2. The van der Waals surface area contributed by atoms with Crippen LogP contribution in [0.5, 0.6) is 0 Å². The number of benzene rings is 1. The molecule has 1 aromatic rings. The fraction of sp³-hybridized carbons (Fsp3) is 0.533. The number of carbonyl (C=O) groups is 1. The third kappa shape index (κ3) is 6.43. The minimum atomic E-state index is -0.156. The number of aliphatic hydroxyl groups excluding tert-OH is 1. The van der Waals surface area contributed by atoms with Gasteiger partial charge in [-0.25, -0.2) is 4.79 Å². The van der Waals surface area contributed by atoms with Crippen LogP contribution in [0, 0.1) is 0 Å². The van der Waals surface area contributed by atoms with Gasteiger partial charge in [-0.3, -0.25) is 0 Å². The summed E-state index contributed by atoms with van der Waals surface area (Å²) in [5.41, 5.74) is 1.13. The maximum Gasteiger partial charge on any atom is 0.315 e. The molecule has 0 aliphatic carbocycles. The molecule has 0 saturated heterocycles. The van der Waals surface area contributed by atoms with E-state index in [0.717, 1.165) is 18.7 Å². The Hall–Kier alpha value is -1.75. The third-order valence-corrected chi connectivity index (χ3v) is 3.10. The van der Waals surface area contributed by atoms with Crippen LogP contribution >= 0.6 is 0 Å². The lowest BCUT2D eigenvalue weighted by Gasteiger charge is -2.20. The van der Waals surface area contributed by atoms with Gasteiger partial charge in [0.2, 0.25) is 0 Å². The highest BCUT2D eigenvalue weighted by atomic mass is 16.3. The number of rotatable bonds is 8. The number of para-hydroxylation sites is 1. The van der Waals surface area contributed by atoms with Crippen LogP contribution in [0.15, 0.2) is 30.3 Å². The van der Waals surface area contributed by atoms with Crippen molar-refractivity contribution in [2.75, 3.05) is 31.6 Å². The van der Waals surface area contributed by atoms with Crippen molar-refractivity contribution in [3.05, 3.63) is 30.3 Å². The molecule has 1 atom stereocenters. The van der Waals surface area contributed by atoms with Crippen molar-refractivity contribution in [3.63, 3.8) is 0 Å². The molecule has 0 aromatic heterocycles. The first-order chi connectivity index (χ1) is 9.63. The number of hydrogen-bond donors (Lipinski definition) is 3. The molecule has 5 heteroatoms. The summed E-state index contributed by atoms with van der Waals surface area (Å²) in [6.45, 7) is 3.44. The van der Waals surface area contributed by atoms with Crippen LogP contribution in [0.3, 0.4) is 0 Å². The third-order valence-electron chi connectivity index (χ3n) is 3.10. The van der Waals surface area contributed by atoms with E-state index in [4.69, 9.17) is 5.11 Å². The first kappa shape index (κ1) is 16.3. The molecular weight excluding hydrogens is 254 g/mol. The van der Waals surface area contributed by atoms with E-state index < -0.39 is 0 Å². The fourth-order valence-corrected chi connectivity index (χ4v) is 1.89. The largest absolute Gasteiger partial charge is 0.396 e. The second kappa shape index (κ2) is 9.20. The zero-order valence-corrected chi connectivity index (χ0v) is 12.3. The fourth-order valence-electron chi connectivity index (χ4n) is 1.89. The summed E-state index contributed by atoms with van der Waals surface area (Å²) in [6, 6.07) is 9.97. The van der Waals surface area contributed by atoms with Crippen molar-refractivity contribution < 1.29 is 9.90 Å². The number of likely N-dealkylation sites (N-methyl/N-ethyl adjacent to an activating group) is 1. The van der Waals surface area contributed by atoms with Crippen molar-refractivity contribution in [2.24, 2.45) is 0 Å². The van der Waals surface area contributed by atoms with Gasteiger partial charge in [0, 0.05) is 38.5 Å². The molecule has 0 aliphatic rings. The number of nitrogens with one attached hydrogen (secondary N) is 2. The zero-order valence-electron chi connectivity index (χ0n) is 12.3. The molecule has 0 heterocycles. The normalized spacial score (nSPS) is 11.8. The quantitative estimate of drug-likeness (QED) is 0.677. The van der Waals surface area contributed by atoms with E-state index in [-0.39, 0.29) is 18.7 Å². The standard InChI is InChI=1S/C15H25N3O2/c1-13(7-6-12-19)17-15(20)16-10-11-18(2)14-8-4-3-5-9-14/h3-5,8-9,13,19H,6-7,10-12H2,1-2H3,(H2,16,17,20). The van der Waals surface area contributed by atoms with Crippen LogP contribution in [0.1, 0.15) is 19.8 Å². The molecular formula is C15H25N3O2. The van der Waals surface area contributed by atoms with Crippen LogP contribution in [0.4, 0.5) is 10.5 Å². The Morgan fingerprint density at radius 2 is 2.05 bits per heavy atom. The van der Waals surface area contributed by atoms with Gasteiger partial charge in [0.05, 0.1) is 0 Å². The molecule has 1 aromatic carbocycles. The monoisotopic (exact) mass is 279 g/mol. The highest BCUT2D eigenvalue weighted by Crippen LogP contribution is 2.09. The Morgan fingerprint density at radius 3 is 2.70 bits per heavy atom. The molecule has 3 N–H and O–H groups in total. The molecule has 2 amide bonds. The summed E-state index contributed by atoms with van der Waals surface area (Å²) >= 11 is 0. The molecule has 0 radical (unpaired) electrons. The van der Waals surface area contributed by atoms with Crippen molar-refractivity contribution in [2.45, 2.75) is 25.8 Å². The smallest absolute Gasteiger partial charge is 0.315 e. The van der Waals surface area contributed by atoms with E-state index in [1.54, 1.807) is 0 Å². The van der Waals surface area contributed by atoms with E-state index in [2.05, 4.69) is 15.5 Å². The highest BCUT2D eigenvalue weighted by molar-refractivity contribution is 5.74. The van der Waals surface area contributed by atoms with Gasteiger partial charge in [0.25, 0.3) is 0 Å². The molecule has 20 heavy (non-hydrogen) atoms. The first-order valence-corrected chi connectivity index (χ1v) is 7.05. The molecule has 0 saturated carbocycles. The molecule has 112 valence electrons. The first-order valence-electron chi connectivity index (χ1n) is 7.05. The van der Waals surface area contributed by atoms with Crippen LogP contribution in [-0.2, 0) is 0 Å². The summed E-state index contributed by atoms with van der Waals surface area (Å²) in [5, 5.41) is 14.4. The Morgan fingerprint density at radius 1 is 1.35 bits per heavy atom. The predicted molar refractivity (Wildman–Crippen MR) is 82.0 cm³/mol. The molecule has 1 unspecified atom stereocenters. The van der Waals surface area contributed by atoms with Crippen molar-refractivity contribution in [3.8, 4) is 0 Å². The lowest BCUT2D eigenvalue weighted by Crippen LogP contribution is -2.43. The van der Waals surface area contributed by atoms with Crippen LogP contribution in [0.2, 0.25) is 0 Å². The predicted octanol–water partition coefficient (Wildman–Crippen LogP) is 1.58. The summed E-state index contributed by atoms with van der Waals surface area (Å²) in [5.74, 6) is 0. The molecule has 0 fully saturated rings. The van der Waals surface area contributed by atoms with E-state index in [1.165, 1.54) is 0 Å². The Kier molecular flexibility index (Phi) is 7.50. The van der Waals surface area contributed by atoms with Gasteiger partial charge in [0.1, 0.15) is 0 Å². The highest BCUT2D eigenvalue weighted by Gasteiger charge is 2.06. The summed E-state index contributed by atoms with van der Waals surface area (Å²) in [4.78, 5) is 13.7. The van der Waals surface area contributed by atoms with Crippen LogP contribution in [-0.4, -0.2) is 43.9 Å². The zero-order chi connectivity index (χ0) is 14.8. The second-order valence-electron chi connectivity index (χ2n) is 4.92. The number of aliphatic hydroxyl groups is 1. The summed E-state index contributed by atoms with van der Waals surface area (Å²) < 4.78 is 0. The van der Waals surface area contributed by atoms with Gasteiger partial charge >= 0.3 is 6.03 Å². The summed E-state index contributed by atoms with van der Waals surface area (Å²) in [7, 11) is 2.00. The number of hydrogen-bond acceptors (Lipinski definition) is 3. The van der Waals surface area contributed by atoms with Gasteiger partial charge in [-0.1, -0.05) is 18.2 Å². The Labute approximate surface area is 121 Å². The average molecular weight is 279 g/mol. The van der Waals surface area contributed by atoms with Gasteiger partial charge in [-0.2, -0.15) is 0 Å². The molecule has 0 aliphatic heterocycles. The minimum absolute atomic E-state index is 0.0778. The number of urea groups is 1. The maximum atomic E-state index is 11.6. The van der Waals surface area contributed by atoms with Crippen LogP contribution in [0.25, 0.3) is 0 Å². The molecule has 5 nitrogen and oxygen atoms in total. The number of carbonyl (C=O) groups excluding carboxylic acids is 1. The number of nitrogens with zero attached hydrogens (tertiary/aromatic N) is 1. The van der Waals surface area contributed by atoms with Gasteiger partial charge in [0.15, 0.2) is 0 Å². The van der Waals surface area contributed by atoms with Crippen molar-refractivity contribution in [1.82, 2.24) is 10.6 Å². The average Bonchev–Trinajstić information content (AvgIpc) is 2.45. The van der Waals surface area contributed by atoms with Gasteiger partial charge in [-0.05, 0) is 31.9 Å². The molecule has 1 rings (SSSR count). The lowest BCUT2D eigenvalue weighted by atomic mass is 10.2. The second-order valence-corrected chi connectivity index (χ2v) is 4.92. The summed E-state index contributed by atoms with van der Waals surface area (Å²) in [6.07, 6.45) is 1.49. The van der Waals surface area contributed by atoms with Crippen LogP contribution < -0.4 is 15.5 Å². The van der Waals surface area contributed by atoms with E-state index in [0.29, 0.717) is 13.0 Å². The Balaban J connectivity index is 2.18. The van der Waals surface area contributed by atoms with Crippen molar-refractivity contribution >= 4 is 11.7 Å². The van der Waals surface area contributed by atoms with Gasteiger partial charge < -0.3 is 20.6 Å².